The Bertz CT molecular complexity index is 2800. The Kier molecular flexibility index (Phi) is 30.2. The lowest BCUT2D eigenvalue weighted by molar-refractivity contribution is -0.134. The van der Waals surface area contributed by atoms with E-state index in [1.165, 1.54) is 54.9 Å². The van der Waals surface area contributed by atoms with Crippen molar-refractivity contribution in [2.24, 2.45) is 34.8 Å². The van der Waals surface area contributed by atoms with Gasteiger partial charge in [-0.05, 0) is 102 Å². The summed E-state index contributed by atoms with van der Waals surface area (Å²) in [6.45, 7) is 11.3. The largest absolute Gasteiger partial charge is 0.508 e. The van der Waals surface area contributed by atoms with Crippen molar-refractivity contribution in [3.63, 3.8) is 0 Å². The number of aliphatic hydroxyl groups is 1. The average molecular weight is 1230 g/mol. The standard InChI is InChI=1S/C54H85N17O10S3/c1-30(2)24-37(67-52(79)36(15-23-84(5)81)66-53(80)44-31(3)46(58)71-48(70-44)38(26-42(57)73)64-27-35(56)47(59)75)45(74)32(4)49(76)68-39(25-33-10-12-34(72)13-11-33)50(77)63-22-14-43-65-41(29-82-43)54-69-40(28-83-54)51(78)62-21-9-20-61-18-7-6-17-60-19-8-16-55/h10-13,28-30,32,35-39,45,60-61,64,72,74H,6-9,14-27,55-56H2,1-5H3,(H2,57,73)(H2,59,75)(H,62,78)(H,63,77)(H,66,80)(H,67,79)(H,68,76)(H2,58,70,71)/t32-,35-,36-,37+,38-,39-,45-,84?/m0/s1. The van der Waals surface area contributed by atoms with Crippen LogP contribution in [-0.4, -0.2) is 170 Å². The number of hydrogen-bond donors (Lipinski definition) is 15. The molecule has 0 bridgehead atoms. The number of anilines is 1. The maximum Gasteiger partial charge on any atom is 0.271 e. The number of benzene rings is 1. The number of nitrogens with zero attached hydrogens (tertiary/aromatic N) is 4. The number of aromatic nitrogens is 4. The summed E-state index contributed by atoms with van der Waals surface area (Å²) in [5, 5.41) is 50.2. The molecule has 27 nitrogen and oxygen atoms in total. The molecule has 0 radical (unpaired) electrons. The summed E-state index contributed by atoms with van der Waals surface area (Å²) in [6.07, 6.45) is 3.73. The highest BCUT2D eigenvalue weighted by Crippen LogP contribution is 2.26. The fourth-order valence-electron chi connectivity index (χ4n) is 8.41. The van der Waals surface area contributed by atoms with Crippen LogP contribution in [0, 0.1) is 18.8 Å². The Morgan fingerprint density at radius 1 is 0.762 bits per heavy atom. The summed E-state index contributed by atoms with van der Waals surface area (Å²) in [6, 6.07) is 0.280. The van der Waals surface area contributed by atoms with Gasteiger partial charge in [-0.3, -0.25) is 37.8 Å². The van der Waals surface area contributed by atoms with Gasteiger partial charge in [-0.15, -0.1) is 22.7 Å². The minimum atomic E-state index is -1.54. The van der Waals surface area contributed by atoms with Gasteiger partial charge in [-0.25, -0.2) is 19.9 Å². The molecule has 0 saturated carbocycles. The zero-order chi connectivity index (χ0) is 61.9. The van der Waals surface area contributed by atoms with Gasteiger partial charge in [-0.1, -0.05) is 32.9 Å². The van der Waals surface area contributed by atoms with Crippen LogP contribution in [0.5, 0.6) is 5.75 Å². The fourth-order valence-corrected chi connectivity index (χ4v) is 10.6. The number of hydrogen-bond acceptors (Lipinski definition) is 22. The number of thiazole rings is 2. The van der Waals surface area contributed by atoms with Crippen LogP contribution in [-0.2, 0) is 47.6 Å². The predicted octanol–water partition coefficient (Wildman–Crippen LogP) is -1.12. The van der Waals surface area contributed by atoms with Crippen molar-refractivity contribution in [3.8, 4) is 16.5 Å². The second-order valence-electron chi connectivity index (χ2n) is 20.8. The number of amides is 7. The maximum atomic E-state index is 14.3. The number of unbranched alkanes of at least 4 members (excludes halogenated alkanes) is 1. The number of primary amides is 2. The number of carbonyl (C=O) groups excluding carboxylic acids is 7. The maximum absolute atomic E-state index is 14.3. The third-order valence-corrected chi connectivity index (χ3v) is 15.9. The van der Waals surface area contributed by atoms with Gasteiger partial charge in [0.25, 0.3) is 11.8 Å². The van der Waals surface area contributed by atoms with Crippen LogP contribution in [0.4, 0.5) is 5.82 Å². The Morgan fingerprint density at radius 2 is 1.44 bits per heavy atom. The Balaban J connectivity index is 1.40. The fraction of sp³-hybridized carbons (Fsp3) is 0.574. The SMILES string of the molecule is Cc1c(N)nc([C@H](CC(N)=O)NC[C@H](N)C(N)=O)nc1C(=O)N[C@@H](CCS(C)=O)C(=O)N[C@H](CC(C)C)[C@@H](O)[C@H](C)C(=O)N[C@@H](Cc1ccc(O)cc1)C(=O)NCCc1nc(-c2nc(C(=O)NCCCNCCCCNCCCN)cs2)cs1. The number of nitrogens with one attached hydrogen (secondary N) is 8. The van der Waals surface area contributed by atoms with Gasteiger partial charge in [0.15, 0.2) is 0 Å². The number of nitrogens with two attached hydrogens (primary N) is 5. The molecule has 4 rings (SSSR count). The zero-order valence-corrected chi connectivity index (χ0v) is 50.8. The smallest absolute Gasteiger partial charge is 0.271 e. The molecular weight excluding hydrogens is 1140 g/mol. The van der Waals surface area contributed by atoms with Crippen molar-refractivity contribution in [3.05, 3.63) is 68.4 Å². The first kappa shape index (κ1) is 69.9. The van der Waals surface area contributed by atoms with E-state index in [1.807, 2.05) is 19.2 Å². The molecule has 0 fully saturated rings. The summed E-state index contributed by atoms with van der Waals surface area (Å²) in [7, 11) is -1.43. The molecule has 0 spiro atoms. The first-order chi connectivity index (χ1) is 40.0. The van der Waals surface area contributed by atoms with E-state index < -0.39 is 94.9 Å². The normalized spacial score (nSPS) is 14.3. The van der Waals surface area contributed by atoms with E-state index in [0.717, 1.165) is 51.9 Å². The summed E-state index contributed by atoms with van der Waals surface area (Å²) in [4.78, 5) is 111. The van der Waals surface area contributed by atoms with Crippen LogP contribution in [0.25, 0.3) is 10.7 Å². The van der Waals surface area contributed by atoms with E-state index in [-0.39, 0.29) is 78.6 Å². The van der Waals surface area contributed by atoms with E-state index in [1.54, 1.807) is 17.5 Å². The molecule has 4 aromatic rings. The van der Waals surface area contributed by atoms with Crippen LogP contribution in [0.1, 0.15) is 115 Å². The first-order valence-corrected chi connectivity index (χ1v) is 31.4. The van der Waals surface area contributed by atoms with Gasteiger partial charge in [0, 0.05) is 78.0 Å². The van der Waals surface area contributed by atoms with Crippen LogP contribution < -0.4 is 71.2 Å². The van der Waals surface area contributed by atoms with E-state index in [0.29, 0.717) is 46.5 Å². The Morgan fingerprint density at radius 3 is 2.08 bits per heavy atom. The van der Waals surface area contributed by atoms with Gasteiger partial charge < -0.3 is 81.4 Å². The van der Waals surface area contributed by atoms with Gasteiger partial charge in [-0.2, -0.15) is 0 Å². The molecule has 7 amide bonds. The van der Waals surface area contributed by atoms with Crippen LogP contribution >= 0.6 is 22.7 Å². The number of phenolic OH excluding ortho intramolecular Hbond substituents is 1. The van der Waals surface area contributed by atoms with Crippen LogP contribution in [0.2, 0.25) is 0 Å². The highest BCUT2D eigenvalue weighted by Gasteiger charge is 2.36. The molecule has 3 aromatic heterocycles. The van der Waals surface area contributed by atoms with Crippen molar-refractivity contribution in [2.75, 3.05) is 70.1 Å². The lowest BCUT2D eigenvalue weighted by Crippen LogP contribution is -2.57. The topological polar surface area (TPSA) is 455 Å². The van der Waals surface area contributed by atoms with E-state index in [9.17, 15) is 48.0 Å². The summed E-state index contributed by atoms with van der Waals surface area (Å²) >= 11 is 2.66. The lowest BCUT2D eigenvalue weighted by Gasteiger charge is -2.31. The van der Waals surface area contributed by atoms with Crippen molar-refractivity contribution >= 4 is 80.6 Å². The Hall–Kier alpha value is -6.64. The number of carbonyl (C=O) groups is 7. The third-order valence-electron chi connectivity index (χ3n) is 13.3. The minimum absolute atomic E-state index is 0.000625. The molecule has 1 aromatic carbocycles. The van der Waals surface area contributed by atoms with E-state index >= 15 is 0 Å². The number of aromatic hydroxyl groups is 1. The number of aliphatic hydroxyl groups excluding tert-OH is 1. The first-order valence-electron chi connectivity index (χ1n) is 27.9. The van der Waals surface area contributed by atoms with E-state index in [2.05, 4.69) is 57.5 Å². The predicted molar refractivity (Wildman–Crippen MR) is 324 cm³/mol. The second kappa shape index (κ2) is 36.3. The molecule has 20 N–H and O–H groups in total. The second-order valence-corrected chi connectivity index (χ2v) is 24.1. The monoisotopic (exact) mass is 1230 g/mol. The average Bonchev–Trinajstić information content (AvgIpc) is 4.23. The van der Waals surface area contributed by atoms with Crippen LogP contribution in [0.15, 0.2) is 35.0 Å². The van der Waals surface area contributed by atoms with Crippen molar-refractivity contribution in [2.45, 2.75) is 122 Å². The van der Waals surface area contributed by atoms with Crippen molar-refractivity contribution in [1.29, 1.82) is 0 Å². The quantitative estimate of drug-likeness (QED) is 0.0235. The molecule has 0 aliphatic rings. The zero-order valence-electron chi connectivity index (χ0n) is 48.4. The molecular formula is C54H85N17O10S3. The summed E-state index contributed by atoms with van der Waals surface area (Å²) < 4.78 is 12.4. The van der Waals surface area contributed by atoms with Crippen molar-refractivity contribution < 1.29 is 48.0 Å². The summed E-state index contributed by atoms with van der Waals surface area (Å²) in [5.41, 5.74) is 29.6. The van der Waals surface area contributed by atoms with E-state index in [4.69, 9.17) is 33.7 Å². The molecule has 0 saturated heterocycles. The Labute approximate surface area is 500 Å². The highest BCUT2D eigenvalue weighted by molar-refractivity contribution is 7.84. The molecule has 464 valence electrons. The number of nitrogen functional groups attached to an aromatic ring is 1. The molecule has 84 heavy (non-hydrogen) atoms. The third kappa shape index (κ3) is 24.1. The molecule has 0 aliphatic carbocycles. The number of rotatable bonds is 40. The highest BCUT2D eigenvalue weighted by atomic mass is 32.2. The molecule has 1 unspecified atom stereocenters. The number of phenols is 1. The molecule has 3 heterocycles. The molecule has 0 aliphatic heterocycles. The van der Waals surface area contributed by atoms with Gasteiger partial charge >= 0.3 is 0 Å². The minimum Gasteiger partial charge on any atom is -0.508 e. The molecule has 30 heteroatoms. The van der Waals surface area contributed by atoms with Gasteiger partial charge in [0.1, 0.15) is 51.6 Å². The van der Waals surface area contributed by atoms with Gasteiger partial charge in [0.05, 0.1) is 35.2 Å². The lowest BCUT2D eigenvalue weighted by atomic mass is 9.90. The molecule has 8 atom stereocenters. The van der Waals surface area contributed by atoms with Gasteiger partial charge in [0.2, 0.25) is 29.5 Å². The van der Waals surface area contributed by atoms with Crippen LogP contribution in [0.3, 0.4) is 0 Å². The van der Waals surface area contributed by atoms with Crippen molar-refractivity contribution in [1.82, 2.24) is 62.5 Å². The summed E-state index contributed by atoms with van der Waals surface area (Å²) in [5.74, 6) is -6.53.